The van der Waals surface area contributed by atoms with E-state index in [4.69, 9.17) is 4.74 Å². The summed E-state index contributed by atoms with van der Waals surface area (Å²) in [5, 5.41) is 3.66. The minimum Gasteiger partial charge on any atom is -0.379 e. The number of nitrogens with one attached hydrogen (secondary N) is 1. The van der Waals surface area contributed by atoms with E-state index in [0.717, 1.165) is 37.5 Å². The van der Waals surface area contributed by atoms with Crippen LogP contribution in [-0.4, -0.2) is 25.8 Å². The lowest BCUT2D eigenvalue weighted by atomic mass is 9.98. The molecule has 14 heavy (non-hydrogen) atoms. The molecule has 1 saturated heterocycles. The smallest absolute Gasteiger partial charge is 0.0623 e. The minimum atomic E-state index is 0.654. The van der Waals surface area contributed by atoms with Crippen molar-refractivity contribution in [3.63, 3.8) is 0 Å². The van der Waals surface area contributed by atoms with Crippen molar-refractivity contribution in [1.82, 2.24) is 5.32 Å². The van der Waals surface area contributed by atoms with Crippen LogP contribution in [0.25, 0.3) is 0 Å². The van der Waals surface area contributed by atoms with Crippen molar-refractivity contribution in [2.75, 3.05) is 19.8 Å². The standard InChI is InChI=1S/C12H23NO/c1-9(2)5-6-13-12-8-14-7-11(12)10-3-4-10/h9-13H,3-8H2,1-2H3. The van der Waals surface area contributed by atoms with Gasteiger partial charge in [0.05, 0.1) is 13.2 Å². The number of ether oxygens (including phenoxy) is 1. The molecule has 2 unspecified atom stereocenters. The molecule has 2 fully saturated rings. The molecule has 2 heteroatoms. The first-order valence-electron chi connectivity index (χ1n) is 6.08. The van der Waals surface area contributed by atoms with Crippen LogP contribution in [0, 0.1) is 17.8 Å². The van der Waals surface area contributed by atoms with E-state index < -0.39 is 0 Å². The summed E-state index contributed by atoms with van der Waals surface area (Å²) in [4.78, 5) is 0. The molecule has 0 radical (unpaired) electrons. The second-order valence-electron chi connectivity index (χ2n) is 5.28. The maximum atomic E-state index is 5.57. The Morgan fingerprint density at radius 2 is 2.07 bits per heavy atom. The van der Waals surface area contributed by atoms with Crippen LogP contribution in [-0.2, 0) is 4.74 Å². The second kappa shape index (κ2) is 4.63. The van der Waals surface area contributed by atoms with Crippen LogP contribution in [0.15, 0.2) is 0 Å². The Kier molecular flexibility index (Phi) is 3.45. The van der Waals surface area contributed by atoms with Gasteiger partial charge in [0, 0.05) is 12.0 Å². The summed E-state index contributed by atoms with van der Waals surface area (Å²) in [7, 11) is 0. The van der Waals surface area contributed by atoms with Crippen molar-refractivity contribution in [2.45, 2.75) is 39.2 Å². The molecule has 1 aliphatic carbocycles. The molecule has 82 valence electrons. The second-order valence-corrected chi connectivity index (χ2v) is 5.28. The summed E-state index contributed by atoms with van der Waals surface area (Å²) in [5.41, 5.74) is 0. The van der Waals surface area contributed by atoms with E-state index in [1.165, 1.54) is 19.3 Å². The van der Waals surface area contributed by atoms with E-state index in [9.17, 15) is 0 Å². The molecule has 2 rings (SSSR count). The van der Waals surface area contributed by atoms with E-state index in [2.05, 4.69) is 19.2 Å². The molecule has 0 aromatic carbocycles. The highest BCUT2D eigenvalue weighted by Crippen LogP contribution is 2.40. The highest BCUT2D eigenvalue weighted by atomic mass is 16.5. The Bertz CT molecular complexity index is 177. The lowest BCUT2D eigenvalue weighted by Gasteiger charge is -2.19. The van der Waals surface area contributed by atoms with Gasteiger partial charge in [-0.3, -0.25) is 0 Å². The molecule has 1 N–H and O–H groups in total. The molecule has 0 amide bonds. The van der Waals surface area contributed by atoms with Gasteiger partial charge < -0.3 is 10.1 Å². The first kappa shape index (κ1) is 10.4. The highest BCUT2D eigenvalue weighted by Gasteiger charge is 2.39. The Balaban J connectivity index is 1.68. The van der Waals surface area contributed by atoms with E-state index >= 15 is 0 Å². The Labute approximate surface area is 87.4 Å². The number of hydrogen-bond donors (Lipinski definition) is 1. The molecule has 1 saturated carbocycles. The van der Waals surface area contributed by atoms with E-state index in [-0.39, 0.29) is 0 Å². The van der Waals surface area contributed by atoms with Gasteiger partial charge in [0.15, 0.2) is 0 Å². The lowest BCUT2D eigenvalue weighted by Crippen LogP contribution is -2.37. The van der Waals surface area contributed by atoms with Gasteiger partial charge in [0.2, 0.25) is 0 Å². The largest absolute Gasteiger partial charge is 0.379 e. The van der Waals surface area contributed by atoms with Crippen LogP contribution in [0.1, 0.15) is 33.1 Å². The summed E-state index contributed by atoms with van der Waals surface area (Å²) in [6, 6.07) is 0.654. The first-order valence-corrected chi connectivity index (χ1v) is 6.08. The zero-order valence-corrected chi connectivity index (χ0v) is 9.46. The summed E-state index contributed by atoms with van der Waals surface area (Å²) < 4.78 is 5.57. The fourth-order valence-corrected chi connectivity index (χ4v) is 2.33. The highest BCUT2D eigenvalue weighted by molar-refractivity contribution is 4.92. The molecule has 0 aromatic heterocycles. The molecule has 2 aliphatic rings. The van der Waals surface area contributed by atoms with Crippen molar-refractivity contribution < 1.29 is 4.74 Å². The van der Waals surface area contributed by atoms with E-state index in [1.54, 1.807) is 0 Å². The molecule has 0 aromatic rings. The molecule has 2 nitrogen and oxygen atoms in total. The van der Waals surface area contributed by atoms with E-state index in [1.807, 2.05) is 0 Å². The maximum absolute atomic E-state index is 5.57. The normalized spacial score (nSPS) is 32.8. The van der Waals surface area contributed by atoms with Gasteiger partial charge in [-0.1, -0.05) is 13.8 Å². The monoisotopic (exact) mass is 197 g/mol. The fourth-order valence-electron chi connectivity index (χ4n) is 2.33. The fraction of sp³-hybridized carbons (Fsp3) is 1.00. The van der Waals surface area contributed by atoms with Crippen LogP contribution in [0.4, 0.5) is 0 Å². The lowest BCUT2D eigenvalue weighted by molar-refractivity contribution is 0.179. The van der Waals surface area contributed by atoms with Crippen molar-refractivity contribution in [3.8, 4) is 0 Å². The summed E-state index contributed by atoms with van der Waals surface area (Å²) in [6.45, 7) is 7.68. The van der Waals surface area contributed by atoms with Crippen LogP contribution in [0.3, 0.4) is 0 Å². The third kappa shape index (κ3) is 2.71. The molecular formula is C12H23NO. The number of rotatable bonds is 5. The Morgan fingerprint density at radius 3 is 2.71 bits per heavy atom. The summed E-state index contributed by atoms with van der Waals surface area (Å²) in [5.74, 6) is 2.61. The topological polar surface area (TPSA) is 21.3 Å². The van der Waals surface area contributed by atoms with Crippen LogP contribution in [0.5, 0.6) is 0 Å². The molecule has 1 heterocycles. The van der Waals surface area contributed by atoms with Gasteiger partial charge in [0.25, 0.3) is 0 Å². The van der Waals surface area contributed by atoms with E-state index in [0.29, 0.717) is 6.04 Å². The SMILES string of the molecule is CC(C)CCNC1COCC1C1CC1. The molecule has 1 aliphatic heterocycles. The van der Waals surface area contributed by atoms with Gasteiger partial charge in [-0.25, -0.2) is 0 Å². The Morgan fingerprint density at radius 1 is 1.29 bits per heavy atom. The summed E-state index contributed by atoms with van der Waals surface area (Å²) >= 11 is 0. The predicted octanol–water partition coefficient (Wildman–Crippen LogP) is 2.05. The Hall–Kier alpha value is -0.0800. The van der Waals surface area contributed by atoms with Crippen molar-refractivity contribution in [1.29, 1.82) is 0 Å². The van der Waals surface area contributed by atoms with Gasteiger partial charge in [-0.05, 0) is 37.6 Å². The van der Waals surface area contributed by atoms with Gasteiger partial charge in [0.1, 0.15) is 0 Å². The molecule has 2 atom stereocenters. The predicted molar refractivity (Wildman–Crippen MR) is 58.3 cm³/mol. The van der Waals surface area contributed by atoms with Crippen molar-refractivity contribution in [2.24, 2.45) is 17.8 Å². The zero-order chi connectivity index (χ0) is 9.97. The molecule has 0 bridgehead atoms. The van der Waals surface area contributed by atoms with Gasteiger partial charge in [-0.2, -0.15) is 0 Å². The van der Waals surface area contributed by atoms with Crippen molar-refractivity contribution >= 4 is 0 Å². The molecular weight excluding hydrogens is 174 g/mol. The third-order valence-corrected chi connectivity index (χ3v) is 3.48. The number of hydrogen-bond acceptors (Lipinski definition) is 2. The maximum Gasteiger partial charge on any atom is 0.0623 e. The van der Waals surface area contributed by atoms with Gasteiger partial charge >= 0.3 is 0 Å². The average Bonchev–Trinajstić information content (AvgIpc) is 2.87. The quantitative estimate of drug-likeness (QED) is 0.728. The van der Waals surface area contributed by atoms with Crippen LogP contribution in [0.2, 0.25) is 0 Å². The molecule has 0 spiro atoms. The zero-order valence-electron chi connectivity index (χ0n) is 9.46. The van der Waals surface area contributed by atoms with Gasteiger partial charge in [-0.15, -0.1) is 0 Å². The van der Waals surface area contributed by atoms with Crippen molar-refractivity contribution in [3.05, 3.63) is 0 Å². The summed E-state index contributed by atoms with van der Waals surface area (Å²) in [6.07, 6.45) is 4.17. The average molecular weight is 197 g/mol. The van der Waals surface area contributed by atoms with Crippen LogP contribution < -0.4 is 5.32 Å². The third-order valence-electron chi connectivity index (χ3n) is 3.48. The van der Waals surface area contributed by atoms with Crippen LogP contribution >= 0.6 is 0 Å². The minimum absolute atomic E-state index is 0.654. The first-order chi connectivity index (χ1) is 6.77.